The number of aryl methyl sites for hydroxylation is 1. The van der Waals surface area contributed by atoms with E-state index in [0.717, 1.165) is 5.75 Å². The van der Waals surface area contributed by atoms with Crippen LogP contribution in [0.3, 0.4) is 0 Å². The number of hydrogen-bond donors (Lipinski definition) is 2. The van der Waals surface area contributed by atoms with E-state index in [1.165, 1.54) is 22.9 Å². The highest BCUT2D eigenvalue weighted by Gasteiger charge is 1.98. The summed E-state index contributed by atoms with van der Waals surface area (Å²) >= 11 is 1.45. The minimum Gasteiger partial charge on any atom is -0.377 e. The summed E-state index contributed by atoms with van der Waals surface area (Å²) in [7, 11) is 0. The second-order valence-electron chi connectivity index (χ2n) is 2.68. The molecule has 4 N–H and O–H groups in total. The Morgan fingerprint density at radius 1 is 1.46 bits per heavy atom. The fraction of sp³-hybridized carbons (Fsp3) is 0.222. The second-order valence-corrected chi connectivity index (χ2v) is 3.68. The summed E-state index contributed by atoms with van der Waals surface area (Å²) in [6.07, 6.45) is 0. The van der Waals surface area contributed by atoms with Crippen LogP contribution in [0.5, 0.6) is 0 Å². The van der Waals surface area contributed by atoms with Crippen molar-refractivity contribution >= 4 is 16.9 Å². The third kappa shape index (κ3) is 2.99. The summed E-state index contributed by atoms with van der Waals surface area (Å²) in [6, 6.07) is 8.18. The van der Waals surface area contributed by atoms with E-state index in [2.05, 4.69) is 24.2 Å². The third-order valence-electron chi connectivity index (χ3n) is 1.76. The van der Waals surface area contributed by atoms with Crippen molar-refractivity contribution in [2.24, 2.45) is 16.7 Å². The Hall–Kier alpha value is -1.16. The lowest BCUT2D eigenvalue weighted by Gasteiger charge is -2.03. The molecule has 1 rings (SSSR count). The van der Waals surface area contributed by atoms with Gasteiger partial charge in [-0.15, -0.1) is 0 Å². The van der Waals surface area contributed by atoms with Crippen LogP contribution in [0.1, 0.15) is 11.1 Å². The SMILES string of the molecule is Cc1ccccc1CSC(N)=NN. The van der Waals surface area contributed by atoms with Crippen molar-refractivity contribution in [3.63, 3.8) is 0 Å². The highest BCUT2D eigenvalue weighted by atomic mass is 32.2. The standard InChI is InChI=1S/C9H13N3S/c1-7-4-2-3-5-8(7)6-13-9(10)12-11/h2-5H,6,11H2,1H3,(H2,10,12). The summed E-state index contributed by atoms with van der Waals surface area (Å²) < 4.78 is 0. The van der Waals surface area contributed by atoms with Crippen LogP contribution in [0.4, 0.5) is 0 Å². The first kappa shape index (κ1) is 9.92. The average molecular weight is 195 g/mol. The van der Waals surface area contributed by atoms with Crippen LogP contribution in [0, 0.1) is 6.92 Å². The molecule has 13 heavy (non-hydrogen) atoms. The third-order valence-corrected chi connectivity index (χ3v) is 2.62. The van der Waals surface area contributed by atoms with Crippen LogP contribution in [0.15, 0.2) is 29.4 Å². The Balaban J connectivity index is 2.60. The molecule has 3 nitrogen and oxygen atoms in total. The first-order chi connectivity index (χ1) is 6.24. The van der Waals surface area contributed by atoms with Gasteiger partial charge in [0.2, 0.25) is 0 Å². The molecule has 0 fully saturated rings. The van der Waals surface area contributed by atoms with E-state index >= 15 is 0 Å². The van der Waals surface area contributed by atoms with Crippen molar-refractivity contribution in [2.75, 3.05) is 0 Å². The molecule has 0 atom stereocenters. The van der Waals surface area contributed by atoms with Gasteiger partial charge < -0.3 is 11.6 Å². The minimum atomic E-state index is 0.420. The predicted octanol–water partition coefficient (Wildman–Crippen LogP) is 1.42. The van der Waals surface area contributed by atoms with E-state index in [1.54, 1.807) is 0 Å². The number of rotatable bonds is 2. The molecule has 0 saturated heterocycles. The molecular weight excluding hydrogens is 182 g/mol. The second kappa shape index (κ2) is 4.77. The molecule has 0 aliphatic heterocycles. The van der Waals surface area contributed by atoms with Gasteiger partial charge in [-0.3, -0.25) is 0 Å². The number of hydrogen-bond acceptors (Lipinski definition) is 3. The zero-order valence-corrected chi connectivity index (χ0v) is 8.34. The largest absolute Gasteiger partial charge is 0.377 e. The van der Waals surface area contributed by atoms with Crippen LogP contribution < -0.4 is 11.6 Å². The first-order valence-electron chi connectivity index (χ1n) is 3.94. The van der Waals surface area contributed by atoms with Crippen LogP contribution in [0.25, 0.3) is 0 Å². The van der Waals surface area contributed by atoms with Crippen LogP contribution in [-0.4, -0.2) is 5.17 Å². The van der Waals surface area contributed by atoms with E-state index in [-0.39, 0.29) is 0 Å². The molecule has 0 bridgehead atoms. The Kier molecular flexibility index (Phi) is 3.64. The monoisotopic (exact) mass is 195 g/mol. The highest BCUT2D eigenvalue weighted by Crippen LogP contribution is 2.15. The predicted molar refractivity (Wildman–Crippen MR) is 58.3 cm³/mol. The Morgan fingerprint density at radius 2 is 2.15 bits per heavy atom. The number of thioether (sulfide) groups is 1. The molecule has 0 spiro atoms. The minimum absolute atomic E-state index is 0.420. The van der Waals surface area contributed by atoms with Gasteiger partial charge in [0.1, 0.15) is 0 Å². The van der Waals surface area contributed by atoms with E-state index in [1.807, 2.05) is 12.1 Å². The lowest BCUT2D eigenvalue weighted by Crippen LogP contribution is -2.09. The molecule has 0 radical (unpaired) electrons. The van der Waals surface area contributed by atoms with Gasteiger partial charge in [-0.1, -0.05) is 36.0 Å². The molecule has 0 aromatic heterocycles. The van der Waals surface area contributed by atoms with E-state index in [9.17, 15) is 0 Å². The molecule has 1 aromatic rings. The smallest absolute Gasteiger partial charge is 0.177 e. The van der Waals surface area contributed by atoms with Gasteiger partial charge in [-0.2, -0.15) is 5.10 Å². The van der Waals surface area contributed by atoms with E-state index < -0.39 is 0 Å². The summed E-state index contributed by atoms with van der Waals surface area (Å²) in [5.41, 5.74) is 7.99. The van der Waals surface area contributed by atoms with E-state index in [0.29, 0.717) is 5.17 Å². The topological polar surface area (TPSA) is 64.4 Å². The fourth-order valence-corrected chi connectivity index (χ4v) is 1.66. The van der Waals surface area contributed by atoms with Gasteiger partial charge in [0, 0.05) is 5.75 Å². The zero-order chi connectivity index (χ0) is 9.68. The van der Waals surface area contributed by atoms with Crippen molar-refractivity contribution < 1.29 is 0 Å². The Morgan fingerprint density at radius 3 is 2.77 bits per heavy atom. The van der Waals surface area contributed by atoms with Gasteiger partial charge >= 0.3 is 0 Å². The summed E-state index contributed by atoms with van der Waals surface area (Å²) in [5, 5.41) is 3.81. The maximum Gasteiger partial charge on any atom is 0.177 e. The average Bonchev–Trinajstić information content (AvgIpc) is 2.16. The lowest BCUT2D eigenvalue weighted by molar-refractivity contribution is 1.25. The molecular formula is C9H13N3S. The maximum absolute atomic E-state index is 5.46. The maximum atomic E-state index is 5.46. The van der Waals surface area contributed by atoms with Crippen LogP contribution in [-0.2, 0) is 5.75 Å². The van der Waals surface area contributed by atoms with Crippen molar-refractivity contribution in [3.8, 4) is 0 Å². The summed E-state index contributed by atoms with van der Waals surface area (Å²) in [5.74, 6) is 5.84. The number of hydrazone groups is 1. The van der Waals surface area contributed by atoms with E-state index in [4.69, 9.17) is 11.6 Å². The van der Waals surface area contributed by atoms with Crippen molar-refractivity contribution in [1.82, 2.24) is 0 Å². The summed E-state index contributed by atoms with van der Waals surface area (Å²) in [4.78, 5) is 0. The Labute approximate surface area is 82.2 Å². The molecule has 0 aliphatic carbocycles. The van der Waals surface area contributed by atoms with Crippen molar-refractivity contribution in [2.45, 2.75) is 12.7 Å². The molecule has 1 aromatic carbocycles. The zero-order valence-electron chi connectivity index (χ0n) is 7.53. The van der Waals surface area contributed by atoms with Gasteiger partial charge in [-0.05, 0) is 18.1 Å². The molecule has 0 heterocycles. The van der Waals surface area contributed by atoms with Gasteiger partial charge in [-0.25, -0.2) is 0 Å². The number of benzene rings is 1. The Bertz CT molecular complexity index is 309. The molecule has 0 aliphatic rings. The van der Waals surface area contributed by atoms with Crippen molar-refractivity contribution in [1.29, 1.82) is 0 Å². The van der Waals surface area contributed by atoms with Gasteiger partial charge in [0.15, 0.2) is 5.17 Å². The molecule has 0 unspecified atom stereocenters. The normalized spacial score (nSPS) is 11.6. The number of nitrogens with two attached hydrogens (primary N) is 2. The summed E-state index contributed by atoms with van der Waals surface area (Å²) in [6.45, 7) is 2.08. The highest BCUT2D eigenvalue weighted by molar-refractivity contribution is 8.13. The van der Waals surface area contributed by atoms with Gasteiger partial charge in [0.25, 0.3) is 0 Å². The molecule has 0 amide bonds. The molecule has 4 heteroatoms. The molecule has 70 valence electrons. The first-order valence-corrected chi connectivity index (χ1v) is 4.93. The fourth-order valence-electron chi connectivity index (χ4n) is 0.961. The lowest BCUT2D eigenvalue weighted by atomic mass is 10.1. The number of nitrogens with zero attached hydrogens (tertiary/aromatic N) is 1. The number of amidine groups is 1. The van der Waals surface area contributed by atoms with Crippen LogP contribution in [0.2, 0.25) is 0 Å². The molecule has 0 saturated carbocycles. The quantitative estimate of drug-likeness (QED) is 0.324. The van der Waals surface area contributed by atoms with Crippen LogP contribution >= 0.6 is 11.8 Å². The van der Waals surface area contributed by atoms with Gasteiger partial charge in [0.05, 0.1) is 0 Å². The van der Waals surface area contributed by atoms with Crippen molar-refractivity contribution in [3.05, 3.63) is 35.4 Å².